The van der Waals surface area contributed by atoms with E-state index in [1.54, 1.807) is 0 Å². The second-order valence-corrected chi connectivity index (χ2v) is 7.77. The minimum Gasteiger partial charge on any atom is -0.313 e. The standard InChI is InChI=1S/C18H37N3/c1-6-19-17-10-9-15(14(2)3)12-18(17)21(5)16-8-7-11-20(4)13-16/h14-19H,6-13H2,1-5H3. The summed E-state index contributed by atoms with van der Waals surface area (Å²) in [5.74, 6) is 1.74. The second kappa shape index (κ2) is 7.94. The van der Waals surface area contributed by atoms with Crippen molar-refractivity contribution in [3.63, 3.8) is 0 Å². The van der Waals surface area contributed by atoms with Gasteiger partial charge in [0.2, 0.25) is 0 Å². The summed E-state index contributed by atoms with van der Waals surface area (Å²) >= 11 is 0. The molecule has 3 heteroatoms. The molecular formula is C18H37N3. The third-order valence-electron chi connectivity index (χ3n) is 5.96. The fourth-order valence-corrected chi connectivity index (χ4v) is 4.48. The van der Waals surface area contributed by atoms with Gasteiger partial charge in [0.15, 0.2) is 0 Å². The van der Waals surface area contributed by atoms with Gasteiger partial charge in [-0.15, -0.1) is 0 Å². The molecule has 0 aromatic rings. The van der Waals surface area contributed by atoms with E-state index in [-0.39, 0.29) is 0 Å². The summed E-state index contributed by atoms with van der Waals surface area (Å²) in [4.78, 5) is 5.24. The SMILES string of the molecule is CCNC1CCC(C(C)C)CC1N(C)C1CCCN(C)C1. The van der Waals surface area contributed by atoms with Crippen molar-refractivity contribution in [2.45, 2.75) is 71.0 Å². The fraction of sp³-hybridized carbons (Fsp3) is 1.00. The molecule has 0 aromatic heterocycles. The Labute approximate surface area is 132 Å². The molecule has 1 aliphatic carbocycles. The van der Waals surface area contributed by atoms with Crippen LogP contribution in [0.25, 0.3) is 0 Å². The highest BCUT2D eigenvalue weighted by molar-refractivity contribution is 4.94. The van der Waals surface area contributed by atoms with E-state index in [0.29, 0.717) is 6.04 Å². The molecular weight excluding hydrogens is 258 g/mol. The zero-order valence-corrected chi connectivity index (χ0v) is 14.9. The van der Waals surface area contributed by atoms with Crippen LogP contribution >= 0.6 is 0 Å². The normalized spacial score (nSPS) is 35.6. The van der Waals surface area contributed by atoms with Crippen LogP contribution in [0.5, 0.6) is 0 Å². The minimum absolute atomic E-state index is 0.697. The van der Waals surface area contributed by atoms with Gasteiger partial charge >= 0.3 is 0 Å². The molecule has 1 heterocycles. The Morgan fingerprint density at radius 3 is 2.62 bits per heavy atom. The quantitative estimate of drug-likeness (QED) is 0.841. The second-order valence-electron chi connectivity index (χ2n) is 7.77. The summed E-state index contributed by atoms with van der Waals surface area (Å²) in [5, 5.41) is 3.77. The lowest BCUT2D eigenvalue weighted by atomic mass is 9.76. The Balaban J connectivity index is 2.03. The minimum atomic E-state index is 0.697. The first-order valence-electron chi connectivity index (χ1n) is 9.16. The van der Waals surface area contributed by atoms with Crippen molar-refractivity contribution in [2.75, 3.05) is 33.7 Å². The van der Waals surface area contributed by atoms with E-state index in [2.05, 4.69) is 50.0 Å². The highest BCUT2D eigenvalue weighted by Gasteiger charge is 2.36. The van der Waals surface area contributed by atoms with Gasteiger partial charge in [0.1, 0.15) is 0 Å². The lowest BCUT2D eigenvalue weighted by Crippen LogP contribution is -2.57. The lowest BCUT2D eigenvalue weighted by molar-refractivity contribution is 0.0426. The van der Waals surface area contributed by atoms with Gasteiger partial charge in [-0.3, -0.25) is 4.90 Å². The van der Waals surface area contributed by atoms with Crippen molar-refractivity contribution in [2.24, 2.45) is 11.8 Å². The molecule has 1 saturated carbocycles. The molecule has 1 N–H and O–H groups in total. The number of hydrogen-bond acceptors (Lipinski definition) is 3. The van der Waals surface area contributed by atoms with Crippen LogP contribution in [0.15, 0.2) is 0 Å². The van der Waals surface area contributed by atoms with Gasteiger partial charge < -0.3 is 10.2 Å². The molecule has 0 aromatic carbocycles. The maximum Gasteiger partial charge on any atom is 0.0252 e. The first-order chi connectivity index (χ1) is 10.0. The largest absolute Gasteiger partial charge is 0.313 e. The van der Waals surface area contributed by atoms with E-state index in [9.17, 15) is 0 Å². The molecule has 2 fully saturated rings. The van der Waals surface area contributed by atoms with Gasteiger partial charge in [0.05, 0.1) is 0 Å². The van der Waals surface area contributed by atoms with E-state index in [0.717, 1.165) is 30.5 Å². The summed E-state index contributed by atoms with van der Waals surface area (Å²) < 4.78 is 0. The molecule has 21 heavy (non-hydrogen) atoms. The molecule has 0 radical (unpaired) electrons. The van der Waals surface area contributed by atoms with Gasteiger partial charge in [-0.1, -0.05) is 20.8 Å². The first-order valence-corrected chi connectivity index (χ1v) is 9.16. The number of nitrogens with one attached hydrogen (secondary N) is 1. The molecule has 3 nitrogen and oxygen atoms in total. The smallest absolute Gasteiger partial charge is 0.0252 e. The number of hydrogen-bond donors (Lipinski definition) is 1. The molecule has 2 rings (SSSR count). The van der Waals surface area contributed by atoms with Crippen LogP contribution in [0.1, 0.15) is 52.9 Å². The van der Waals surface area contributed by atoms with Crippen LogP contribution in [-0.2, 0) is 0 Å². The predicted molar refractivity (Wildman–Crippen MR) is 91.7 cm³/mol. The van der Waals surface area contributed by atoms with Crippen LogP contribution in [0.2, 0.25) is 0 Å². The van der Waals surface area contributed by atoms with E-state index >= 15 is 0 Å². The fourth-order valence-electron chi connectivity index (χ4n) is 4.48. The highest BCUT2D eigenvalue weighted by Crippen LogP contribution is 2.34. The van der Waals surface area contributed by atoms with Crippen LogP contribution in [0, 0.1) is 11.8 Å². The van der Waals surface area contributed by atoms with Crippen molar-refractivity contribution in [3.05, 3.63) is 0 Å². The molecule has 0 bridgehead atoms. The average molecular weight is 296 g/mol. The zero-order chi connectivity index (χ0) is 15.4. The van der Waals surface area contributed by atoms with Crippen molar-refractivity contribution in [3.8, 4) is 0 Å². The van der Waals surface area contributed by atoms with E-state index in [4.69, 9.17) is 0 Å². The van der Waals surface area contributed by atoms with Crippen molar-refractivity contribution >= 4 is 0 Å². The number of nitrogens with zero attached hydrogens (tertiary/aromatic N) is 2. The summed E-state index contributed by atoms with van der Waals surface area (Å²) in [5.41, 5.74) is 0. The topological polar surface area (TPSA) is 18.5 Å². The predicted octanol–water partition coefficient (Wildman–Crippen LogP) is 2.82. The van der Waals surface area contributed by atoms with Gasteiger partial charge in [-0.05, 0) is 71.1 Å². The Hall–Kier alpha value is -0.120. The van der Waals surface area contributed by atoms with Crippen LogP contribution in [-0.4, -0.2) is 61.7 Å². The Bertz CT molecular complexity index is 305. The molecule has 0 spiro atoms. The van der Waals surface area contributed by atoms with Crippen LogP contribution < -0.4 is 5.32 Å². The maximum absolute atomic E-state index is 3.77. The summed E-state index contributed by atoms with van der Waals surface area (Å²) in [7, 11) is 4.67. The molecule has 124 valence electrons. The van der Waals surface area contributed by atoms with Crippen molar-refractivity contribution in [1.82, 2.24) is 15.1 Å². The highest BCUT2D eigenvalue weighted by atomic mass is 15.2. The number of likely N-dealkylation sites (N-methyl/N-ethyl adjacent to an activating group) is 3. The molecule has 1 saturated heterocycles. The molecule has 4 unspecified atom stereocenters. The third-order valence-corrected chi connectivity index (χ3v) is 5.96. The van der Waals surface area contributed by atoms with E-state index in [1.165, 1.54) is 45.2 Å². The van der Waals surface area contributed by atoms with Gasteiger partial charge in [0.25, 0.3) is 0 Å². The third kappa shape index (κ3) is 4.43. The van der Waals surface area contributed by atoms with Crippen LogP contribution in [0.4, 0.5) is 0 Å². The number of rotatable bonds is 5. The van der Waals surface area contributed by atoms with Gasteiger partial charge in [0, 0.05) is 24.7 Å². The Kier molecular flexibility index (Phi) is 6.51. The Morgan fingerprint density at radius 1 is 1.24 bits per heavy atom. The maximum atomic E-state index is 3.77. The van der Waals surface area contributed by atoms with Gasteiger partial charge in [-0.2, -0.15) is 0 Å². The van der Waals surface area contributed by atoms with E-state index in [1.807, 2.05) is 0 Å². The number of piperidine rings is 1. The monoisotopic (exact) mass is 295 g/mol. The number of likely N-dealkylation sites (tertiary alicyclic amines) is 1. The average Bonchev–Trinajstić information content (AvgIpc) is 2.47. The lowest BCUT2D eigenvalue weighted by Gasteiger charge is -2.47. The molecule has 4 atom stereocenters. The first kappa shape index (κ1) is 17.2. The summed E-state index contributed by atoms with van der Waals surface area (Å²) in [6.07, 6.45) is 6.88. The summed E-state index contributed by atoms with van der Waals surface area (Å²) in [6, 6.07) is 2.17. The van der Waals surface area contributed by atoms with Gasteiger partial charge in [-0.25, -0.2) is 0 Å². The van der Waals surface area contributed by atoms with Crippen LogP contribution in [0.3, 0.4) is 0 Å². The zero-order valence-electron chi connectivity index (χ0n) is 14.9. The van der Waals surface area contributed by atoms with Crippen molar-refractivity contribution in [1.29, 1.82) is 0 Å². The molecule has 2 aliphatic rings. The summed E-state index contributed by atoms with van der Waals surface area (Å²) in [6.45, 7) is 10.7. The van der Waals surface area contributed by atoms with Crippen molar-refractivity contribution < 1.29 is 0 Å². The molecule has 0 amide bonds. The Morgan fingerprint density at radius 2 is 2.00 bits per heavy atom. The van der Waals surface area contributed by atoms with E-state index < -0.39 is 0 Å². The molecule has 1 aliphatic heterocycles.